The van der Waals surface area contributed by atoms with Gasteiger partial charge in [0, 0.05) is 56.8 Å². The van der Waals surface area contributed by atoms with Crippen molar-refractivity contribution in [1.29, 1.82) is 0 Å². The zero-order valence-corrected chi connectivity index (χ0v) is 20.0. The topological polar surface area (TPSA) is 47.9 Å². The van der Waals surface area contributed by atoms with Crippen LogP contribution in [-0.4, -0.2) is 72.9 Å². The van der Waals surface area contributed by atoms with Crippen LogP contribution in [0.4, 0.5) is 0 Å². The Labute approximate surface area is 185 Å². The Morgan fingerprint density at radius 2 is 2.15 bits per heavy atom. The summed E-state index contributed by atoms with van der Waals surface area (Å²) in [6, 6.07) is 7.87. The summed E-state index contributed by atoms with van der Waals surface area (Å²) in [7, 11) is 3.56. The fourth-order valence-corrected chi connectivity index (χ4v) is 4.17. The monoisotopic (exact) mass is 504 g/mol. The highest BCUT2D eigenvalue weighted by molar-refractivity contribution is 14.0. The largest absolute Gasteiger partial charge is 0.357 e. The smallest absolute Gasteiger partial charge is 0.253 e. The molecule has 7 heteroatoms. The number of guanidine groups is 1. The normalized spacial score (nSPS) is 17.3. The average molecular weight is 504 g/mol. The summed E-state index contributed by atoms with van der Waals surface area (Å²) in [4.78, 5) is 20.9. The Bertz CT molecular complexity index is 624. The molecule has 1 N–H and O–H groups in total. The summed E-state index contributed by atoms with van der Waals surface area (Å²) in [6.07, 6.45) is 2.04. The van der Waals surface area contributed by atoms with Gasteiger partial charge in [-0.15, -0.1) is 24.0 Å². The molecule has 5 nitrogen and oxygen atoms in total. The van der Waals surface area contributed by atoms with Crippen molar-refractivity contribution >= 4 is 47.6 Å². The summed E-state index contributed by atoms with van der Waals surface area (Å²) in [5.74, 6) is 2.23. The van der Waals surface area contributed by atoms with Gasteiger partial charge in [0.05, 0.1) is 0 Å². The van der Waals surface area contributed by atoms with Crippen LogP contribution in [0.3, 0.4) is 0 Å². The molecule has 27 heavy (non-hydrogen) atoms. The van der Waals surface area contributed by atoms with Gasteiger partial charge < -0.3 is 15.1 Å². The Kier molecular flexibility index (Phi) is 11.1. The lowest BCUT2D eigenvalue weighted by atomic mass is 10.1. The van der Waals surface area contributed by atoms with Gasteiger partial charge in [-0.2, -0.15) is 11.8 Å². The predicted octanol–water partition coefficient (Wildman–Crippen LogP) is 3.34. The number of rotatable bonds is 6. The number of amides is 1. The van der Waals surface area contributed by atoms with Crippen molar-refractivity contribution < 1.29 is 4.79 Å². The number of halogens is 1. The van der Waals surface area contributed by atoms with E-state index in [1.165, 1.54) is 6.42 Å². The van der Waals surface area contributed by atoms with Crippen LogP contribution in [0.25, 0.3) is 0 Å². The molecule has 1 saturated heterocycles. The van der Waals surface area contributed by atoms with Crippen molar-refractivity contribution in [1.82, 2.24) is 15.1 Å². The van der Waals surface area contributed by atoms with Gasteiger partial charge in [0.2, 0.25) is 0 Å². The molecule has 1 amide bonds. The quantitative estimate of drug-likeness (QED) is 0.367. The first-order valence-corrected chi connectivity index (χ1v) is 10.6. The summed E-state index contributed by atoms with van der Waals surface area (Å²) in [6.45, 7) is 8.10. The molecule has 0 saturated carbocycles. The average Bonchev–Trinajstić information content (AvgIpc) is 2.67. The number of thioether (sulfide) groups is 1. The van der Waals surface area contributed by atoms with Crippen LogP contribution in [0.2, 0.25) is 0 Å². The first kappa shape index (κ1) is 24.1. The van der Waals surface area contributed by atoms with Crippen LogP contribution in [-0.2, 0) is 6.42 Å². The molecule has 152 valence electrons. The Hall–Kier alpha value is -0.960. The van der Waals surface area contributed by atoms with E-state index in [0.717, 1.165) is 55.4 Å². The molecule has 1 aliphatic heterocycles. The fourth-order valence-electron chi connectivity index (χ4n) is 2.99. The summed E-state index contributed by atoms with van der Waals surface area (Å²) < 4.78 is 0. The first-order chi connectivity index (χ1) is 12.5. The summed E-state index contributed by atoms with van der Waals surface area (Å²) in [5, 5.41) is 4.13. The lowest BCUT2D eigenvalue weighted by Gasteiger charge is -2.34. The molecule has 1 aromatic carbocycles. The maximum absolute atomic E-state index is 12.1. The summed E-state index contributed by atoms with van der Waals surface area (Å²) >= 11 is 2.07. The van der Waals surface area contributed by atoms with E-state index in [9.17, 15) is 4.79 Å². The van der Waals surface area contributed by atoms with Crippen molar-refractivity contribution in [2.24, 2.45) is 4.99 Å². The lowest BCUT2D eigenvalue weighted by molar-refractivity contribution is 0.0827. The van der Waals surface area contributed by atoms with Crippen molar-refractivity contribution in [2.75, 3.05) is 46.0 Å². The lowest BCUT2D eigenvalue weighted by Crippen LogP contribution is -2.48. The molecule has 1 fully saturated rings. The van der Waals surface area contributed by atoms with E-state index in [2.05, 4.69) is 41.9 Å². The van der Waals surface area contributed by atoms with Crippen molar-refractivity contribution in [3.63, 3.8) is 0 Å². The van der Waals surface area contributed by atoms with E-state index in [-0.39, 0.29) is 29.9 Å². The van der Waals surface area contributed by atoms with Crippen LogP contribution in [0.1, 0.15) is 36.2 Å². The van der Waals surface area contributed by atoms with Gasteiger partial charge in [-0.05, 0) is 37.5 Å². The molecule has 1 heterocycles. The zero-order valence-electron chi connectivity index (χ0n) is 16.9. The molecule has 0 bridgehead atoms. The van der Waals surface area contributed by atoms with Gasteiger partial charge >= 0.3 is 0 Å². The molecule has 0 spiro atoms. The molecule has 1 atom stereocenters. The number of hydrogen-bond donors (Lipinski definition) is 1. The highest BCUT2D eigenvalue weighted by Crippen LogP contribution is 2.21. The number of carbonyl (C=O) groups excluding carboxylic acids is 1. The number of aliphatic imine (C=N–C) groups is 1. The van der Waals surface area contributed by atoms with Crippen molar-refractivity contribution in [3.05, 3.63) is 35.4 Å². The third kappa shape index (κ3) is 7.52. The number of benzene rings is 1. The van der Waals surface area contributed by atoms with Crippen LogP contribution in [0.5, 0.6) is 0 Å². The maximum atomic E-state index is 12.1. The molecule has 0 aromatic heterocycles. The van der Waals surface area contributed by atoms with Gasteiger partial charge in [-0.3, -0.25) is 9.79 Å². The second-order valence-corrected chi connectivity index (χ2v) is 8.14. The zero-order chi connectivity index (χ0) is 18.9. The third-order valence-electron chi connectivity index (χ3n) is 4.47. The molecular formula is C20H33IN4OS. The number of carbonyl (C=O) groups is 1. The van der Waals surface area contributed by atoms with Crippen LogP contribution in [0, 0.1) is 0 Å². The van der Waals surface area contributed by atoms with Gasteiger partial charge in [0.1, 0.15) is 0 Å². The minimum Gasteiger partial charge on any atom is -0.357 e. The Morgan fingerprint density at radius 3 is 2.81 bits per heavy atom. The molecular weight excluding hydrogens is 471 g/mol. The second-order valence-electron chi connectivity index (χ2n) is 6.73. The molecule has 1 aromatic rings. The first-order valence-electron chi connectivity index (χ1n) is 9.50. The van der Waals surface area contributed by atoms with Crippen LogP contribution in [0.15, 0.2) is 29.3 Å². The van der Waals surface area contributed by atoms with Gasteiger partial charge in [0.15, 0.2) is 5.96 Å². The van der Waals surface area contributed by atoms with E-state index in [0.29, 0.717) is 5.25 Å². The maximum Gasteiger partial charge on any atom is 0.253 e. The van der Waals surface area contributed by atoms with Gasteiger partial charge in [-0.25, -0.2) is 0 Å². The number of hydrogen-bond acceptors (Lipinski definition) is 3. The highest BCUT2D eigenvalue weighted by atomic mass is 127. The van der Waals surface area contributed by atoms with Gasteiger partial charge in [0.25, 0.3) is 5.91 Å². The van der Waals surface area contributed by atoms with E-state index in [1.807, 2.05) is 18.2 Å². The molecule has 0 radical (unpaired) electrons. The van der Waals surface area contributed by atoms with Crippen molar-refractivity contribution in [3.8, 4) is 0 Å². The van der Waals surface area contributed by atoms with Crippen molar-refractivity contribution in [2.45, 2.75) is 31.9 Å². The SMILES string of the molecule is CCNC(=NCCc1cccc(C(=O)N(C)C)c1)N1CCSC(CC)C1.I. The third-order valence-corrected chi connectivity index (χ3v) is 5.84. The minimum absolute atomic E-state index is 0. The fraction of sp³-hybridized carbons (Fsp3) is 0.600. The second kappa shape index (κ2) is 12.5. The van der Waals surface area contributed by atoms with Crippen LogP contribution >= 0.6 is 35.7 Å². The molecule has 0 aliphatic carbocycles. The Balaban J connectivity index is 0.00000364. The number of nitrogens with one attached hydrogen (secondary N) is 1. The van der Waals surface area contributed by atoms with E-state index in [4.69, 9.17) is 4.99 Å². The molecule has 1 unspecified atom stereocenters. The predicted molar refractivity (Wildman–Crippen MR) is 128 cm³/mol. The summed E-state index contributed by atoms with van der Waals surface area (Å²) in [5.41, 5.74) is 1.89. The van der Waals surface area contributed by atoms with Crippen LogP contribution < -0.4 is 5.32 Å². The highest BCUT2D eigenvalue weighted by Gasteiger charge is 2.21. The standard InChI is InChI=1S/C20H32N4OS.HI/c1-5-18-15-24(12-13-26-18)20(21-6-2)22-11-10-16-8-7-9-17(14-16)19(25)23(3)4;/h7-9,14,18H,5-6,10-13,15H2,1-4H3,(H,21,22);1H. The minimum atomic E-state index is 0. The van der Waals surface area contributed by atoms with E-state index in [1.54, 1.807) is 19.0 Å². The molecule has 1 aliphatic rings. The van der Waals surface area contributed by atoms with E-state index >= 15 is 0 Å². The number of nitrogens with zero attached hydrogens (tertiary/aromatic N) is 3. The van der Waals surface area contributed by atoms with E-state index < -0.39 is 0 Å². The molecule has 2 rings (SSSR count). The van der Waals surface area contributed by atoms with Gasteiger partial charge in [-0.1, -0.05) is 19.1 Å². The Morgan fingerprint density at radius 1 is 1.37 bits per heavy atom.